The quantitative estimate of drug-likeness (QED) is 0.119. The van der Waals surface area contributed by atoms with E-state index in [1.807, 2.05) is 0 Å². The van der Waals surface area contributed by atoms with Crippen molar-refractivity contribution >= 4 is 0 Å². The fraction of sp³-hybridized carbons (Fsp3) is 1.00. The topological polar surface area (TPSA) is 0 Å². The molecule has 0 aromatic heterocycles. The molecule has 0 aliphatic heterocycles. The van der Waals surface area contributed by atoms with Gasteiger partial charge in [-0.05, 0) is 12.8 Å². The van der Waals surface area contributed by atoms with Crippen molar-refractivity contribution < 1.29 is 4.48 Å². The smallest absolute Gasteiger partial charge is 0.0780 e. The molecule has 0 N–H and O–H groups in total. The van der Waals surface area contributed by atoms with Crippen molar-refractivity contribution in [3.8, 4) is 0 Å². The Morgan fingerprint density at radius 1 is 0.321 bits per heavy atom. The molecular formula is C27H58N+. The first-order chi connectivity index (χ1) is 13.6. The van der Waals surface area contributed by atoms with Gasteiger partial charge in [0.25, 0.3) is 0 Å². The normalized spacial score (nSPS) is 12.0. The van der Waals surface area contributed by atoms with Gasteiger partial charge in [0.2, 0.25) is 0 Å². The van der Waals surface area contributed by atoms with Crippen molar-refractivity contribution in [1.29, 1.82) is 0 Å². The minimum atomic E-state index is 1.12. The second-order valence-electron chi connectivity index (χ2n) is 10.4. The van der Waals surface area contributed by atoms with Gasteiger partial charge in [-0.3, -0.25) is 0 Å². The molecule has 0 aromatic carbocycles. The third kappa shape index (κ3) is 26.0. The van der Waals surface area contributed by atoms with Crippen LogP contribution in [0.5, 0.6) is 0 Å². The van der Waals surface area contributed by atoms with E-state index >= 15 is 0 Å². The monoisotopic (exact) mass is 396 g/mol. The predicted molar refractivity (Wildman–Crippen MR) is 130 cm³/mol. The molecule has 0 aromatic rings. The molecule has 0 unspecified atom stereocenters. The molecule has 0 rings (SSSR count). The summed E-state index contributed by atoms with van der Waals surface area (Å²) in [4.78, 5) is 0. The van der Waals surface area contributed by atoms with Crippen LogP contribution in [0.25, 0.3) is 0 Å². The van der Waals surface area contributed by atoms with Crippen molar-refractivity contribution in [2.24, 2.45) is 0 Å². The number of unbranched alkanes of at least 4 members (excludes halogenated alkanes) is 21. The minimum Gasteiger partial charge on any atom is -0.331 e. The Morgan fingerprint density at radius 2 is 0.536 bits per heavy atom. The number of hydrogen-bond acceptors (Lipinski definition) is 0. The summed E-state index contributed by atoms with van der Waals surface area (Å²) in [5, 5.41) is 0. The second-order valence-corrected chi connectivity index (χ2v) is 10.4. The van der Waals surface area contributed by atoms with Crippen molar-refractivity contribution in [2.75, 3.05) is 27.7 Å². The Hall–Kier alpha value is -0.0400. The molecule has 0 heterocycles. The van der Waals surface area contributed by atoms with E-state index in [1.165, 1.54) is 148 Å². The molecule has 0 atom stereocenters. The molecule has 0 saturated heterocycles. The van der Waals surface area contributed by atoms with Crippen LogP contribution in [0.3, 0.4) is 0 Å². The van der Waals surface area contributed by atoms with Crippen LogP contribution in [0.4, 0.5) is 0 Å². The van der Waals surface area contributed by atoms with E-state index in [4.69, 9.17) is 0 Å². The molecule has 0 aliphatic carbocycles. The maximum Gasteiger partial charge on any atom is 0.0780 e. The van der Waals surface area contributed by atoms with E-state index in [0.717, 1.165) is 4.48 Å². The first-order valence-corrected chi connectivity index (χ1v) is 13.4. The zero-order valence-corrected chi connectivity index (χ0v) is 20.7. The maximum absolute atomic E-state index is 2.30. The van der Waals surface area contributed by atoms with Gasteiger partial charge in [0, 0.05) is 0 Å². The van der Waals surface area contributed by atoms with Gasteiger partial charge in [-0.1, -0.05) is 135 Å². The molecule has 1 heteroatoms. The zero-order chi connectivity index (χ0) is 20.8. The molecule has 0 spiro atoms. The lowest BCUT2D eigenvalue weighted by Gasteiger charge is -2.23. The zero-order valence-electron chi connectivity index (χ0n) is 20.7. The number of rotatable bonds is 23. The SMILES string of the molecule is CCCCCCCCCCCCCCCCCCCCCCCC[N+](C)(C)C. The van der Waals surface area contributed by atoms with E-state index in [9.17, 15) is 0 Å². The highest BCUT2D eigenvalue weighted by molar-refractivity contribution is 4.51. The summed E-state index contributed by atoms with van der Waals surface area (Å²) in [6.45, 7) is 3.64. The van der Waals surface area contributed by atoms with Crippen LogP contribution in [0.1, 0.15) is 148 Å². The van der Waals surface area contributed by atoms with Crippen LogP contribution in [0.15, 0.2) is 0 Å². The predicted octanol–water partition coefficient (Wildman–Crippen LogP) is 9.29. The Labute approximate surface area is 180 Å². The molecule has 0 amide bonds. The summed E-state index contributed by atoms with van der Waals surface area (Å²) in [7, 11) is 6.91. The van der Waals surface area contributed by atoms with Crippen molar-refractivity contribution in [3.05, 3.63) is 0 Å². The van der Waals surface area contributed by atoms with E-state index in [-0.39, 0.29) is 0 Å². The summed E-state index contributed by atoms with van der Waals surface area (Å²) in [5.41, 5.74) is 0. The van der Waals surface area contributed by atoms with Crippen LogP contribution in [-0.4, -0.2) is 32.2 Å². The molecule has 0 radical (unpaired) electrons. The Bertz CT molecular complexity index is 278. The molecular weight excluding hydrogens is 338 g/mol. The summed E-state index contributed by atoms with van der Waals surface area (Å²) < 4.78 is 1.12. The van der Waals surface area contributed by atoms with E-state index in [1.54, 1.807) is 0 Å². The lowest BCUT2D eigenvalue weighted by Crippen LogP contribution is -2.35. The summed E-state index contributed by atoms with van der Waals surface area (Å²) in [5.74, 6) is 0. The first kappa shape index (κ1) is 28.0. The number of quaternary nitrogens is 1. The summed E-state index contributed by atoms with van der Waals surface area (Å²) in [6.07, 6.45) is 32.3. The standard InChI is InChI=1S/C27H58N/c1-5-6-7-8-9-10-11-12-13-14-15-16-17-18-19-20-21-22-23-24-25-26-27-28(2,3)4/h5-27H2,1-4H3/q+1. The highest BCUT2D eigenvalue weighted by Gasteiger charge is 2.04. The Balaban J connectivity index is 3.01. The number of hydrogen-bond donors (Lipinski definition) is 0. The van der Waals surface area contributed by atoms with Crippen molar-refractivity contribution in [3.63, 3.8) is 0 Å². The average Bonchev–Trinajstić information content (AvgIpc) is 2.65. The third-order valence-electron chi connectivity index (χ3n) is 6.18. The van der Waals surface area contributed by atoms with Gasteiger partial charge >= 0.3 is 0 Å². The molecule has 0 saturated carbocycles. The first-order valence-electron chi connectivity index (χ1n) is 13.4. The minimum absolute atomic E-state index is 1.12. The highest BCUT2D eigenvalue weighted by Crippen LogP contribution is 2.15. The van der Waals surface area contributed by atoms with E-state index < -0.39 is 0 Å². The van der Waals surface area contributed by atoms with Gasteiger partial charge in [0.05, 0.1) is 27.7 Å². The fourth-order valence-electron chi connectivity index (χ4n) is 4.19. The van der Waals surface area contributed by atoms with Crippen molar-refractivity contribution in [2.45, 2.75) is 148 Å². The van der Waals surface area contributed by atoms with Crippen molar-refractivity contribution in [1.82, 2.24) is 0 Å². The van der Waals surface area contributed by atoms with Gasteiger partial charge in [-0.2, -0.15) is 0 Å². The highest BCUT2D eigenvalue weighted by atomic mass is 15.3. The van der Waals surface area contributed by atoms with Crippen LogP contribution in [-0.2, 0) is 0 Å². The van der Waals surface area contributed by atoms with Crippen LogP contribution in [0.2, 0.25) is 0 Å². The molecule has 28 heavy (non-hydrogen) atoms. The van der Waals surface area contributed by atoms with Gasteiger partial charge in [-0.25, -0.2) is 0 Å². The van der Waals surface area contributed by atoms with Gasteiger partial charge < -0.3 is 4.48 Å². The number of nitrogens with zero attached hydrogens (tertiary/aromatic N) is 1. The molecule has 0 aliphatic rings. The Morgan fingerprint density at radius 3 is 0.750 bits per heavy atom. The van der Waals surface area contributed by atoms with E-state index in [2.05, 4.69) is 28.1 Å². The fourth-order valence-corrected chi connectivity index (χ4v) is 4.19. The largest absolute Gasteiger partial charge is 0.331 e. The maximum atomic E-state index is 2.30. The van der Waals surface area contributed by atoms with E-state index in [0.29, 0.717) is 0 Å². The van der Waals surface area contributed by atoms with Gasteiger partial charge in [0.15, 0.2) is 0 Å². The lowest BCUT2D eigenvalue weighted by atomic mass is 10.0. The lowest BCUT2D eigenvalue weighted by molar-refractivity contribution is -0.870. The summed E-state index contributed by atoms with van der Waals surface area (Å²) >= 11 is 0. The molecule has 0 fully saturated rings. The summed E-state index contributed by atoms with van der Waals surface area (Å²) in [6, 6.07) is 0. The average molecular weight is 397 g/mol. The van der Waals surface area contributed by atoms with Crippen LogP contribution < -0.4 is 0 Å². The van der Waals surface area contributed by atoms with Crippen LogP contribution in [0, 0.1) is 0 Å². The van der Waals surface area contributed by atoms with Gasteiger partial charge in [-0.15, -0.1) is 0 Å². The Kier molecular flexibility index (Phi) is 21.6. The molecule has 1 nitrogen and oxygen atoms in total. The third-order valence-corrected chi connectivity index (χ3v) is 6.18. The van der Waals surface area contributed by atoms with Gasteiger partial charge in [0.1, 0.15) is 0 Å². The van der Waals surface area contributed by atoms with Crippen LogP contribution >= 0.6 is 0 Å². The molecule has 0 bridgehead atoms. The second kappa shape index (κ2) is 21.7. The molecule has 170 valence electrons.